The van der Waals surface area contributed by atoms with E-state index < -0.39 is 0 Å². The first-order valence-electron chi connectivity index (χ1n) is 4.91. The van der Waals surface area contributed by atoms with Gasteiger partial charge in [0.05, 0.1) is 0 Å². The second-order valence-corrected chi connectivity index (χ2v) is 3.59. The zero-order chi connectivity index (χ0) is 10.6. The summed E-state index contributed by atoms with van der Waals surface area (Å²) in [6.07, 6.45) is 0.910. The van der Waals surface area contributed by atoms with Crippen LogP contribution in [0.3, 0.4) is 0 Å². The Morgan fingerprint density at radius 3 is 2.71 bits per heavy atom. The lowest BCUT2D eigenvalue weighted by molar-refractivity contribution is -0.118. The smallest absolute Gasteiger partial charge is 0.216 e. The molecule has 0 aromatic heterocycles. The molecular weight excluding hydrogens is 174 g/mol. The average Bonchev–Trinajstić information content (AvgIpc) is 2.12. The highest BCUT2D eigenvalue weighted by Crippen LogP contribution is 2.12. The molecule has 0 aliphatic heterocycles. The molecule has 76 valence electrons. The molecule has 0 saturated heterocycles. The van der Waals surface area contributed by atoms with E-state index in [2.05, 4.69) is 37.4 Å². The molecule has 0 aliphatic rings. The maximum absolute atomic E-state index is 10.7. The molecule has 0 heterocycles. The predicted molar refractivity (Wildman–Crippen MR) is 58.3 cm³/mol. The van der Waals surface area contributed by atoms with Gasteiger partial charge >= 0.3 is 0 Å². The van der Waals surface area contributed by atoms with Crippen LogP contribution in [-0.4, -0.2) is 12.5 Å². The molecule has 14 heavy (non-hydrogen) atoms. The lowest BCUT2D eigenvalue weighted by atomic mass is 10.0. The van der Waals surface area contributed by atoms with Crippen molar-refractivity contribution in [1.82, 2.24) is 5.32 Å². The van der Waals surface area contributed by atoms with Crippen LogP contribution in [0, 0.1) is 13.8 Å². The van der Waals surface area contributed by atoms with Crippen LogP contribution >= 0.6 is 0 Å². The van der Waals surface area contributed by atoms with Gasteiger partial charge in [0.1, 0.15) is 0 Å². The van der Waals surface area contributed by atoms with E-state index in [-0.39, 0.29) is 5.91 Å². The molecule has 2 nitrogen and oxygen atoms in total. The molecule has 0 saturated carbocycles. The van der Waals surface area contributed by atoms with Gasteiger partial charge in [0, 0.05) is 13.5 Å². The summed E-state index contributed by atoms with van der Waals surface area (Å²) in [5, 5.41) is 2.80. The van der Waals surface area contributed by atoms with Crippen molar-refractivity contribution < 1.29 is 4.79 Å². The van der Waals surface area contributed by atoms with Gasteiger partial charge in [0.25, 0.3) is 0 Å². The lowest BCUT2D eigenvalue weighted by Gasteiger charge is -2.08. The van der Waals surface area contributed by atoms with E-state index in [1.807, 2.05) is 0 Å². The molecule has 0 spiro atoms. The maximum Gasteiger partial charge on any atom is 0.216 e. The van der Waals surface area contributed by atoms with Gasteiger partial charge in [-0.1, -0.05) is 18.2 Å². The molecule has 2 heteroatoms. The first kappa shape index (κ1) is 10.8. The third kappa shape index (κ3) is 2.87. The second-order valence-electron chi connectivity index (χ2n) is 3.59. The van der Waals surface area contributed by atoms with Crippen LogP contribution < -0.4 is 5.32 Å². The molecule has 0 atom stereocenters. The number of hydrogen-bond donors (Lipinski definition) is 1. The Kier molecular flexibility index (Phi) is 3.69. The molecule has 0 unspecified atom stereocenters. The van der Waals surface area contributed by atoms with Crippen molar-refractivity contribution in [3.63, 3.8) is 0 Å². The fourth-order valence-corrected chi connectivity index (χ4v) is 1.46. The van der Waals surface area contributed by atoms with Crippen molar-refractivity contribution in [2.24, 2.45) is 0 Å². The number of nitrogens with one attached hydrogen (secondary N) is 1. The molecule has 1 rings (SSSR count). The van der Waals surface area contributed by atoms with Gasteiger partial charge in [-0.05, 0) is 37.0 Å². The van der Waals surface area contributed by atoms with Crippen molar-refractivity contribution in [3.05, 3.63) is 34.9 Å². The van der Waals surface area contributed by atoms with E-state index >= 15 is 0 Å². The van der Waals surface area contributed by atoms with Gasteiger partial charge in [-0.3, -0.25) is 4.79 Å². The van der Waals surface area contributed by atoms with Crippen LogP contribution in [0.25, 0.3) is 0 Å². The molecule has 0 bridgehead atoms. The summed E-state index contributed by atoms with van der Waals surface area (Å²) < 4.78 is 0. The molecule has 1 aromatic carbocycles. The van der Waals surface area contributed by atoms with Gasteiger partial charge in [-0.2, -0.15) is 0 Å². The summed E-state index contributed by atoms with van der Waals surface area (Å²) in [4.78, 5) is 10.7. The minimum Gasteiger partial charge on any atom is -0.356 e. The van der Waals surface area contributed by atoms with E-state index in [0.29, 0.717) is 0 Å². The molecule has 1 N–H and O–H groups in total. The van der Waals surface area contributed by atoms with E-state index in [9.17, 15) is 4.79 Å². The topological polar surface area (TPSA) is 29.1 Å². The van der Waals surface area contributed by atoms with Gasteiger partial charge < -0.3 is 5.32 Å². The Morgan fingerprint density at radius 1 is 1.36 bits per heavy atom. The van der Waals surface area contributed by atoms with Crippen LogP contribution in [0.15, 0.2) is 18.2 Å². The van der Waals surface area contributed by atoms with E-state index in [0.717, 1.165) is 13.0 Å². The number of aryl methyl sites for hydroxylation is 1. The summed E-state index contributed by atoms with van der Waals surface area (Å²) in [5.74, 6) is 0.0373. The molecule has 0 aliphatic carbocycles. The minimum atomic E-state index is 0.0373. The van der Waals surface area contributed by atoms with Crippen molar-refractivity contribution in [2.75, 3.05) is 6.54 Å². The number of benzene rings is 1. The van der Waals surface area contributed by atoms with E-state index in [1.54, 1.807) is 6.92 Å². The van der Waals surface area contributed by atoms with E-state index in [4.69, 9.17) is 0 Å². The number of hydrogen-bond acceptors (Lipinski definition) is 1. The predicted octanol–water partition coefficient (Wildman–Crippen LogP) is 1.98. The maximum atomic E-state index is 10.7. The largest absolute Gasteiger partial charge is 0.356 e. The standard InChI is InChI=1S/C12H17NO/c1-9-5-4-6-12(10(9)2)7-8-13-11(3)14/h4-6H,7-8H2,1-3H3,(H,13,14). The quantitative estimate of drug-likeness (QED) is 0.777. The number of rotatable bonds is 3. The Balaban J connectivity index is 2.59. The highest BCUT2D eigenvalue weighted by Gasteiger charge is 2.00. The zero-order valence-corrected chi connectivity index (χ0v) is 9.05. The van der Waals surface area contributed by atoms with Crippen molar-refractivity contribution in [3.8, 4) is 0 Å². The Labute approximate surface area is 85.3 Å². The van der Waals surface area contributed by atoms with Crippen molar-refractivity contribution in [1.29, 1.82) is 0 Å². The second kappa shape index (κ2) is 4.80. The molecule has 0 fully saturated rings. The normalized spacial score (nSPS) is 9.93. The number of carbonyl (C=O) groups excluding carboxylic acids is 1. The van der Waals surface area contributed by atoms with Gasteiger partial charge in [-0.15, -0.1) is 0 Å². The van der Waals surface area contributed by atoms with Gasteiger partial charge in [0.2, 0.25) is 5.91 Å². The third-order valence-electron chi connectivity index (χ3n) is 2.49. The summed E-state index contributed by atoms with van der Waals surface area (Å²) >= 11 is 0. The molecular formula is C12H17NO. The molecule has 0 radical (unpaired) electrons. The molecule has 1 amide bonds. The fourth-order valence-electron chi connectivity index (χ4n) is 1.46. The third-order valence-corrected chi connectivity index (χ3v) is 2.49. The fraction of sp³-hybridized carbons (Fsp3) is 0.417. The van der Waals surface area contributed by atoms with Crippen LogP contribution in [0.5, 0.6) is 0 Å². The van der Waals surface area contributed by atoms with Gasteiger partial charge in [0.15, 0.2) is 0 Å². The number of amides is 1. The number of carbonyl (C=O) groups is 1. The Hall–Kier alpha value is -1.31. The zero-order valence-electron chi connectivity index (χ0n) is 9.05. The van der Waals surface area contributed by atoms with E-state index in [1.165, 1.54) is 16.7 Å². The Morgan fingerprint density at radius 2 is 2.07 bits per heavy atom. The minimum absolute atomic E-state index is 0.0373. The summed E-state index contributed by atoms with van der Waals surface area (Å²) in [6.45, 7) is 6.50. The van der Waals surface area contributed by atoms with Crippen molar-refractivity contribution >= 4 is 5.91 Å². The summed E-state index contributed by atoms with van der Waals surface area (Å²) in [7, 11) is 0. The average molecular weight is 191 g/mol. The highest BCUT2D eigenvalue weighted by atomic mass is 16.1. The first-order valence-corrected chi connectivity index (χ1v) is 4.91. The summed E-state index contributed by atoms with van der Waals surface area (Å²) in [6, 6.07) is 6.28. The van der Waals surface area contributed by atoms with Crippen LogP contribution in [-0.2, 0) is 11.2 Å². The SMILES string of the molecule is CC(=O)NCCc1cccc(C)c1C. The first-order chi connectivity index (χ1) is 6.61. The van der Waals surface area contributed by atoms with Gasteiger partial charge in [-0.25, -0.2) is 0 Å². The monoisotopic (exact) mass is 191 g/mol. The summed E-state index contributed by atoms with van der Waals surface area (Å²) in [5.41, 5.74) is 3.96. The molecule has 1 aromatic rings. The van der Waals surface area contributed by atoms with Crippen LogP contribution in [0.2, 0.25) is 0 Å². The lowest BCUT2D eigenvalue weighted by Crippen LogP contribution is -2.22. The highest BCUT2D eigenvalue weighted by molar-refractivity contribution is 5.72. The Bertz CT molecular complexity index is 331. The van der Waals surface area contributed by atoms with Crippen LogP contribution in [0.4, 0.5) is 0 Å². The van der Waals surface area contributed by atoms with Crippen LogP contribution in [0.1, 0.15) is 23.6 Å². The van der Waals surface area contributed by atoms with Crippen molar-refractivity contribution in [2.45, 2.75) is 27.2 Å².